The lowest BCUT2D eigenvalue weighted by atomic mass is 9.71. The molecule has 0 amide bonds. The molecule has 0 spiro atoms. The van der Waals surface area contributed by atoms with Crippen LogP contribution in [0.4, 0.5) is 0 Å². The quantitative estimate of drug-likeness (QED) is 0.123. The summed E-state index contributed by atoms with van der Waals surface area (Å²) >= 11 is 0. The van der Waals surface area contributed by atoms with Crippen LogP contribution in [0.25, 0.3) is 32.7 Å². The van der Waals surface area contributed by atoms with Gasteiger partial charge in [-0.15, -0.1) is 0 Å². The standard InChI is InChI=1S/C58H62N6O7/c1-68-40-10-11-49-46(30-40)45(14-20-61-49)58-52-26-36-17-23-64(52)33-38(36)28-54(66)70-56(43-12-18-59-47-8-4-2-6-41(43)47)50-24-34-15-21-62(50)31-37(34)27-53(65)69-57(44-13-19-60-48-9-5-3-7-42(44)48)51-25-35-16-22-63(51)32-39(35)29-55(67)71-58/h2-14,18-20,30,34-39,50-52,56-58H,15-17,21-29,31-33H2,1H3/t34-,35-,36+,37-,38+,39-,50-,51-,52+,56+,57+,58+/m0/s1. The number of methoxy groups -OCH3 is 1. The van der Waals surface area contributed by atoms with Gasteiger partial charge in [-0.05, 0) is 142 Å². The Morgan fingerprint density at radius 3 is 1.23 bits per heavy atom. The lowest BCUT2D eigenvalue weighted by molar-refractivity contribution is -0.168. The molecule has 0 aliphatic carbocycles. The van der Waals surface area contributed by atoms with E-state index in [1.807, 2.05) is 91.4 Å². The molecule has 3 aromatic heterocycles. The molecule has 3 unspecified atom stereocenters. The highest BCUT2D eigenvalue weighted by Crippen LogP contribution is 2.49. The Balaban J connectivity index is 0.871. The van der Waals surface area contributed by atoms with Gasteiger partial charge in [0.15, 0.2) is 0 Å². The molecule has 0 saturated carbocycles. The second-order valence-electron chi connectivity index (χ2n) is 21.8. The topological polar surface area (TPSA) is 137 Å². The first-order valence-electron chi connectivity index (χ1n) is 26.2. The zero-order valence-electron chi connectivity index (χ0n) is 40.4. The number of aromatic nitrogens is 3. The van der Waals surface area contributed by atoms with Crippen LogP contribution in [0.5, 0.6) is 5.75 Å². The molecule has 15 atom stereocenters. The van der Waals surface area contributed by atoms with E-state index in [0.29, 0.717) is 25.0 Å². The number of esters is 3. The Kier molecular flexibility index (Phi) is 11.7. The normalized spacial score (nSPS) is 35.1. The van der Waals surface area contributed by atoms with Gasteiger partial charge in [-0.2, -0.15) is 0 Å². The van der Waals surface area contributed by atoms with Crippen LogP contribution >= 0.6 is 0 Å². The maximum Gasteiger partial charge on any atom is 0.306 e. The number of hydrogen-bond donors (Lipinski definition) is 0. The first-order chi connectivity index (χ1) is 34.8. The number of fused-ring (bicyclic) bond motifs is 6. The average Bonchev–Trinajstić information content (AvgIpc) is 3.41. The number of ether oxygens (including phenoxy) is 4. The smallest absolute Gasteiger partial charge is 0.306 e. The average molecular weight is 955 g/mol. The van der Waals surface area contributed by atoms with Gasteiger partial charge in [0.05, 0.1) is 41.8 Å². The molecule has 0 radical (unpaired) electrons. The maximum absolute atomic E-state index is 14.7. The van der Waals surface area contributed by atoms with Crippen molar-refractivity contribution in [2.45, 2.75) is 94.2 Å². The Labute approximate surface area is 414 Å². The van der Waals surface area contributed by atoms with Crippen molar-refractivity contribution in [1.29, 1.82) is 0 Å². The van der Waals surface area contributed by atoms with E-state index in [4.69, 9.17) is 33.9 Å². The van der Waals surface area contributed by atoms with E-state index in [-0.39, 0.29) is 71.5 Å². The van der Waals surface area contributed by atoms with Crippen molar-refractivity contribution >= 4 is 50.6 Å². The predicted molar refractivity (Wildman–Crippen MR) is 267 cm³/mol. The molecular formula is C58H62N6O7. The fourth-order valence-electron chi connectivity index (χ4n) is 14.7. The Morgan fingerprint density at radius 2 is 0.845 bits per heavy atom. The highest BCUT2D eigenvalue weighted by molar-refractivity contribution is 5.85. The molecule has 13 nitrogen and oxygen atoms in total. The lowest BCUT2D eigenvalue weighted by Crippen LogP contribution is -2.57. The monoisotopic (exact) mass is 954 g/mol. The number of rotatable bonds is 4. The fourth-order valence-corrected chi connectivity index (χ4v) is 14.7. The first kappa shape index (κ1) is 44.9. The van der Waals surface area contributed by atoms with Crippen molar-refractivity contribution in [3.63, 3.8) is 0 Å². The van der Waals surface area contributed by atoms with Crippen LogP contribution in [-0.2, 0) is 28.6 Å². The molecule has 15 saturated heterocycles. The Hall–Kier alpha value is -6.02. The van der Waals surface area contributed by atoms with Crippen LogP contribution in [0.15, 0.2) is 104 Å². The summed E-state index contributed by atoms with van der Waals surface area (Å²) in [6, 6.07) is 28.0. The minimum absolute atomic E-state index is 0.0454. The Morgan fingerprint density at radius 1 is 0.465 bits per heavy atom. The number of carbonyl (C=O) groups excluding carboxylic acids is 3. The highest BCUT2D eigenvalue weighted by atomic mass is 16.6. The first-order valence-corrected chi connectivity index (χ1v) is 26.2. The molecule has 0 N–H and O–H groups in total. The van der Waals surface area contributed by atoms with Crippen LogP contribution < -0.4 is 4.74 Å². The number of para-hydroxylation sites is 2. The summed E-state index contributed by atoms with van der Waals surface area (Å²) in [6.45, 7) is 4.82. The second-order valence-corrected chi connectivity index (χ2v) is 21.8. The molecule has 71 heavy (non-hydrogen) atoms. The van der Waals surface area contributed by atoms with Crippen LogP contribution in [0.1, 0.15) is 92.8 Å². The van der Waals surface area contributed by atoms with E-state index < -0.39 is 18.3 Å². The molecular weight excluding hydrogens is 893 g/mol. The number of benzene rings is 3. The molecule has 6 aromatic rings. The van der Waals surface area contributed by atoms with Gasteiger partial charge < -0.3 is 18.9 Å². The van der Waals surface area contributed by atoms with Crippen molar-refractivity contribution in [2.75, 3.05) is 46.4 Å². The molecule has 15 fully saturated rings. The lowest BCUT2D eigenvalue weighted by Gasteiger charge is -2.53. The predicted octanol–water partition coefficient (Wildman–Crippen LogP) is 8.81. The molecule has 15 aliphatic rings. The van der Waals surface area contributed by atoms with E-state index >= 15 is 0 Å². The van der Waals surface area contributed by atoms with Gasteiger partial charge in [0, 0.05) is 90.3 Å². The van der Waals surface area contributed by atoms with Crippen molar-refractivity contribution < 1.29 is 33.3 Å². The van der Waals surface area contributed by atoms with Gasteiger partial charge >= 0.3 is 17.9 Å². The van der Waals surface area contributed by atoms with E-state index in [1.165, 1.54) is 0 Å². The number of pyridine rings is 3. The van der Waals surface area contributed by atoms with E-state index in [0.717, 1.165) is 127 Å². The summed E-state index contributed by atoms with van der Waals surface area (Å²) in [7, 11) is 1.66. The van der Waals surface area contributed by atoms with Gasteiger partial charge in [0.1, 0.15) is 24.1 Å². The summed E-state index contributed by atoms with van der Waals surface area (Å²) < 4.78 is 26.3. The second kappa shape index (κ2) is 18.5. The molecule has 3 aromatic carbocycles. The van der Waals surface area contributed by atoms with Gasteiger partial charge in [-0.25, -0.2) is 0 Å². The number of carbonyl (C=O) groups is 3. The van der Waals surface area contributed by atoms with Gasteiger partial charge in [0.2, 0.25) is 0 Å². The molecule has 366 valence electrons. The minimum Gasteiger partial charge on any atom is -0.497 e. The number of hydrogen-bond acceptors (Lipinski definition) is 13. The maximum atomic E-state index is 14.7. The van der Waals surface area contributed by atoms with Crippen LogP contribution in [0.2, 0.25) is 0 Å². The molecule has 13 heteroatoms. The van der Waals surface area contributed by atoms with Crippen molar-refractivity contribution in [3.05, 3.63) is 120 Å². The van der Waals surface area contributed by atoms with E-state index in [2.05, 4.69) is 26.8 Å². The molecule has 21 rings (SSSR count). The summed E-state index contributed by atoms with van der Waals surface area (Å²) in [5.41, 5.74) is 5.44. The number of nitrogens with zero attached hydrogens (tertiary/aromatic N) is 6. The van der Waals surface area contributed by atoms with Crippen LogP contribution in [0.3, 0.4) is 0 Å². The van der Waals surface area contributed by atoms with Crippen molar-refractivity contribution in [1.82, 2.24) is 29.7 Å². The molecule has 15 aliphatic heterocycles. The van der Waals surface area contributed by atoms with Crippen LogP contribution in [0, 0.1) is 35.5 Å². The van der Waals surface area contributed by atoms with E-state index in [1.54, 1.807) is 7.11 Å². The summed E-state index contributed by atoms with van der Waals surface area (Å²) in [5, 5.41) is 2.89. The van der Waals surface area contributed by atoms with Crippen molar-refractivity contribution in [3.8, 4) is 5.75 Å². The van der Waals surface area contributed by atoms with E-state index in [9.17, 15) is 14.4 Å². The highest BCUT2D eigenvalue weighted by Gasteiger charge is 2.50. The number of piperidine rings is 9. The zero-order chi connectivity index (χ0) is 47.7. The summed E-state index contributed by atoms with van der Waals surface area (Å²) in [5.74, 6) is 1.27. The largest absolute Gasteiger partial charge is 0.497 e. The van der Waals surface area contributed by atoms with Crippen LogP contribution in [-0.4, -0.2) is 112 Å². The third-order valence-electron chi connectivity index (χ3n) is 18.2. The third-order valence-corrected chi connectivity index (χ3v) is 18.2. The van der Waals surface area contributed by atoms with Crippen molar-refractivity contribution in [2.24, 2.45) is 35.5 Å². The summed E-state index contributed by atoms with van der Waals surface area (Å²) in [4.78, 5) is 65.5. The fraction of sp³-hybridized carbons (Fsp3) is 0.483. The van der Waals surface area contributed by atoms with Gasteiger partial charge in [-0.3, -0.25) is 44.0 Å². The van der Waals surface area contributed by atoms with Gasteiger partial charge in [-0.1, -0.05) is 36.4 Å². The third kappa shape index (κ3) is 8.31. The van der Waals surface area contributed by atoms with Gasteiger partial charge in [0.25, 0.3) is 0 Å². The molecule has 12 bridgehead atoms. The zero-order valence-corrected chi connectivity index (χ0v) is 40.4. The summed E-state index contributed by atoms with van der Waals surface area (Å²) in [6.07, 6.45) is 10.2. The Bertz CT molecular complexity index is 2940. The minimum atomic E-state index is -0.553. The SMILES string of the molecule is COc1ccc2nccc([C@H]3OC(=O)C[C@H]4CN5CC[C@H]4C[C@H]5[C@@H](c4ccnc5ccccc45)OC(=O)C[C@H]4CN5CC[C@H]4C[C@H]5[C@@H](c4ccnc5ccccc45)OC(=O)C[C@@H]4CN5CC[C@@H]4C[C@H]35)c2c1. The molecule has 18 heterocycles.